The molecule has 2 aromatic heterocycles. The third-order valence-corrected chi connectivity index (χ3v) is 5.70. The Morgan fingerprint density at radius 3 is 2.35 bits per heavy atom. The van der Waals surface area contributed by atoms with Crippen LogP contribution in [-0.2, 0) is 7.05 Å². The molecule has 2 aromatic carbocycles. The van der Waals surface area contributed by atoms with E-state index in [-0.39, 0.29) is 10.9 Å². The highest BCUT2D eigenvalue weighted by Crippen LogP contribution is 2.35. The van der Waals surface area contributed by atoms with E-state index in [1.54, 1.807) is 19.2 Å². The monoisotopic (exact) mass is 438 g/mol. The molecule has 0 bridgehead atoms. The first-order valence-electron chi connectivity index (χ1n) is 9.25. The van der Waals surface area contributed by atoms with Crippen molar-refractivity contribution < 1.29 is 14.1 Å². The minimum Gasteiger partial charge on any atom is -0.497 e. The van der Waals surface area contributed by atoms with E-state index in [0.717, 1.165) is 17.1 Å². The van der Waals surface area contributed by atoms with Gasteiger partial charge in [0.25, 0.3) is 5.69 Å². The molecule has 0 fully saturated rings. The summed E-state index contributed by atoms with van der Waals surface area (Å²) in [7, 11) is 3.52. The molecule has 0 aliphatic rings. The number of nitrogens with zero attached hydrogens (tertiary/aromatic N) is 6. The fourth-order valence-electron chi connectivity index (χ4n) is 2.86. The molecule has 0 N–H and O–H groups in total. The molecule has 1 atom stereocenters. The van der Waals surface area contributed by atoms with Crippen molar-refractivity contribution in [1.29, 1.82) is 0 Å². The van der Waals surface area contributed by atoms with Crippen molar-refractivity contribution in [2.75, 3.05) is 7.11 Å². The predicted molar refractivity (Wildman–Crippen MR) is 114 cm³/mol. The van der Waals surface area contributed by atoms with Crippen LogP contribution in [-0.4, -0.2) is 37.0 Å². The number of aromatic nitrogens is 5. The molecule has 2 heterocycles. The number of benzene rings is 2. The lowest BCUT2D eigenvalue weighted by Gasteiger charge is -2.07. The summed E-state index contributed by atoms with van der Waals surface area (Å²) in [6, 6.07) is 13.6. The lowest BCUT2D eigenvalue weighted by atomic mass is 10.2. The summed E-state index contributed by atoms with van der Waals surface area (Å²) in [6.07, 6.45) is 0. The van der Waals surface area contributed by atoms with Gasteiger partial charge < -0.3 is 13.7 Å². The summed E-state index contributed by atoms with van der Waals surface area (Å²) in [4.78, 5) is 10.3. The molecule has 0 amide bonds. The Bertz CT molecular complexity index is 1200. The van der Waals surface area contributed by atoms with Crippen molar-refractivity contribution in [3.8, 4) is 28.6 Å². The number of rotatable bonds is 7. The van der Waals surface area contributed by atoms with E-state index in [2.05, 4.69) is 20.4 Å². The SMILES string of the molecule is COc1ccc(-c2nnc(SC(C)c3nnc(-c4ccc([N+](=O)[O-])cc4)o3)n2C)cc1. The fraction of sp³-hybridized carbons (Fsp3) is 0.200. The quantitative estimate of drug-likeness (QED) is 0.236. The van der Waals surface area contributed by atoms with Gasteiger partial charge in [0.1, 0.15) is 5.75 Å². The number of hydrogen-bond acceptors (Lipinski definition) is 9. The molecule has 0 saturated heterocycles. The number of methoxy groups -OCH3 is 1. The van der Waals surface area contributed by atoms with Gasteiger partial charge in [0.15, 0.2) is 11.0 Å². The molecule has 31 heavy (non-hydrogen) atoms. The first-order valence-corrected chi connectivity index (χ1v) is 10.1. The highest BCUT2D eigenvalue weighted by atomic mass is 32.2. The normalized spacial score (nSPS) is 12.0. The van der Waals surface area contributed by atoms with Crippen LogP contribution in [0.25, 0.3) is 22.8 Å². The number of thioether (sulfide) groups is 1. The molecule has 0 aliphatic heterocycles. The Kier molecular flexibility index (Phi) is 5.67. The van der Waals surface area contributed by atoms with Crippen molar-refractivity contribution in [3.63, 3.8) is 0 Å². The second-order valence-corrected chi connectivity index (χ2v) is 7.91. The largest absolute Gasteiger partial charge is 0.497 e. The Morgan fingerprint density at radius 2 is 1.71 bits per heavy atom. The molecule has 10 nitrogen and oxygen atoms in total. The maximum absolute atomic E-state index is 10.8. The van der Waals surface area contributed by atoms with Gasteiger partial charge in [0.2, 0.25) is 11.8 Å². The van der Waals surface area contributed by atoms with Gasteiger partial charge >= 0.3 is 0 Å². The Morgan fingerprint density at radius 1 is 1.03 bits per heavy atom. The molecule has 1 unspecified atom stereocenters. The van der Waals surface area contributed by atoms with Crippen LogP contribution in [0.2, 0.25) is 0 Å². The Balaban J connectivity index is 1.49. The van der Waals surface area contributed by atoms with Crippen LogP contribution in [0.4, 0.5) is 5.69 Å². The average molecular weight is 438 g/mol. The van der Waals surface area contributed by atoms with Gasteiger partial charge in [0, 0.05) is 30.3 Å². The summed E-state index contributed by atoms with van der Waals surface area (Å²) in [5.74, 6) is 2.23. The first-order chi connectivity index (χ1) is 15.0. The minimum absolute atomic E-state index is 0.00218. The van der Waals surface area contributed by atoms with Crippen LogP contribution in [0.1, 0.15) is 18.1 Å². The Hall–Kier alpha value is -3.73. The average Bonchev–Trinajstić information content (AvgIpc) is 3.42. The van der Waals surface area contributed by atoms with E-state index < -0.39 is 4.92 Å². The van der Waals surface area contributed by atoms with Crippen molar-refractivity contribution >= 4 is 17.4 Å². The van der Waals surface area contributed by atoms with Gasteiger partial charge in [-0.1, -0.05) is 11.8 Å². The van der Waals surface area contributed by atoms with E-state index in [0.29, 0.717) is 22.5 Å². The van der Waals surface area contributed by atoms with Gasteiger partial charge in [-0.25, -0.2) is 0 Å². The minimum atomic E-state index is -0.456. The molecule has 0 radical (unpaired) electrons. The van der Waals surface area contributed by atoms with Crippen LogP contribution in [0.15, 0.2) is 58.1 Å². The lowest BCUT2D eigenvalue weighted by molar-refractivity contribution is -0.384. The Labute approximate surface area is 181 Å². The third kappa shape index (κ3) is 4.26. The second kappa shape index (κ2) is 8.56. The molecule has 0 saturated carbocycles. The molecule has 4 aromatic rings. The second-order valence-electron chi connectivity index (χ2n) is 6.60. The molecule has 4 rings (SSSR count). The van der Waals surface area contributed by atoms with Crippen molar-refractivity contribution in [3.05, 3.63) is 64.5 Å². The molecule has 11 heteroatoms. The van der Waals surface area contributed by atoms with Gasteiger partial charge in [0.05, 0.1) is 17.3 Å². The molecule has 0 aliphatic carbocycles. The maximum Gasteiger partial charge on any atom is 0.269 e. The van der Waals surface area contributed by atoms with E-state index in [1.807, 2.05) is 42.8 Å². The number of nitro benzene ring substituents is 1. The van der Waals surface area contributed by atoms with Crippen LogP contribution in [0, 0.1) is 10.1 Å². The number of ether oxygens (including phenoxy) is 1. The molecule has 0 spiro atoms. The number of non-ortho nitro benzene ring substituents is 1. The zero-order valence-corrected chi connectivity index (χ0v) is 17.7. The number of hydrogen-bond donors (Lipinski definition) is 0. The van der Waals surface area contributed by atoms with Gasteiger partial charge in [-0.2, -0.15) is 0 Å². The van der Waals surface area contributed by atoms with E-state index in [4.69, 9.17) is 9.15 Å². The molecular formula is C20H18N6O4S. The predicted octanol–water partition coefficient (Wildman–Crippen LogP) is 4.30. The van der Waals surface area contributed by atoms with E-state index in [1.165, 1.54) is 23.9 Å². The van der Waals surface area contributed by atoms with E-state index in [9.17, 15) is 10.1 Å². The lowest BCUT2D eigenvalue weighted by Crippen LogP contribution is -1.97. The molecule has 158 valence electrons. The standard InChI is InChI=1S/C20H18N6O4S/c1-12(18-22-23-19(30-18)14-4-8-15(9-5-14)26(27)28)31-20-24-21-17(25(20)2)13-6-10-16(29-3)11-7-13/h4-12H,1-3H3. The fourth-order valence-corrected chi connectivity index (χ4v) is 3.70. The summed E-state index contributed by atoms with van der Waals surface area (Å²) < 4.78 is 12.9. The highest BCUT2D eigenvalue weighted by Gasteiger charge is 2.20. The van der Waals surface area contributed by atoms with Gasteiger partial charge in [-0.3, -0.25) is 10.1 Å². The van der Waals surface area contributed by atoms with Crippen molar-refractivity contribution in [1.82, 2.24) is 25.0 Å². The van der Waals surface area contributed by atoms with Crippen LogP contribution < -0.4 is 4.74 Å². The van der Waals surface area contributed by atoms with Crippen molar-refractivity contribution in [2.24, 2.45) is 7.05 Å². The van der Waals surface area contributed by atoms with Crippen molar-refractivity contribution in [2.45, 2.75) is 17.3 Å². The molecular weight excluding hydrogens is 420 g/mol. The van der Waals surface area contributed by atoms with E-state index >= 15 is 0 Å². The van der Waals surface area contributed by atoms with Gasteiger partial charge in [-0.15, -0.1) is 20.4 Å². The third-order valence-electron chi connectivity index (χ3n) is 4.58. The smallest absolute Gasteiger partial charge is 0.269 e. The zero-order valence-electron chi connectivity index (χ0n) is 16.9. The summed E-state index contributed by atoms with van der Waals surface area (Å²) in [5, 5.41) is 28.1. The topological polar surface area (TPSA) is 122 Å². The maximum atomic E-state index is 10.8. The van der Waals surface area contributed by atoms with Crippen LogP contribution in [0.3, 0.4) is 0 Å². The summed E-state index contributed by atoms with van der Waals surface area (Å²) >= 11 is 1.44. The zero-order chi connectivity index (χ0) is 22.0. The summed E-state index contributed by atoms with van der Waals surface area (Å²) in [5.41, 5.74) is 1.54. The van der Waals surface area contributed by atoms with Crippen LogP contribution >= 0.6 is 11.8 Å². The number of nitro groups is 1. The summed E-state index contributed by atoms with van der Waals surface area (Å²) in [6.45, 7) is 1.93. The van der Waals surface area contributed by atoms with Gasteiger partial charge in [-0.05, 0) is 43.3 Å². The first kappa shape index (κ1) is 20.5. The van der Waals surface area contributed by atoms with Crippen LogP contribution in [0.5, 0.6) is 5.75 Å². The highest BCUT2D eigenvalue weighted by molar-refractivity contribution is 7.99.